The van der Waals surface area contributed by atoms with Crippen LogP contribution in [0, 0.1) is 0 Å². The maximum Gasteiger partial charge on any atom is 0.306 e. The van der Waals surface area contributed by atoms with E-state index in [0.717, 1.165) is 32.1 Å². The molecule has 4 N–H and O–H groups in total. The molecular formula is C48H94O9. The molecule has 340 valence electrons. The Morgan fingerprint density at radius 2 is 0.860 bits per heavy atom. The SMILES string of the molecule is CCCCCCCCCCCCCCCCCCCCCCCCCC(=O)OC(COCCCCCCCCCCCCC)COC1OC(CO)C(O)C(O)C1O. The number of aliphatic hydroxyl groups excluding tert-OH is 4. The minimum atomic E-state index is -1.53. The number of hydrogen-bond donors (Lipinski definition) is 4. The van der Waals surface area contributed by atoms with Gasteiger partial charge < -0.3 is 39.4 Å². The maximum atomic E-state index is 12.8. The van der Waals surface area contributed by atoms with Crippen molar-refractivity contribution in [2.24, 2.45) is 0 Å². The smallest absolute Gasteiger partial charge is 0.306 e. The molecule has 1 saturated heterocycles. The summed E-state index contributed by atoms with van der Waals surface area (Å²) in [7, 11) is 0. The summed E-state index contributed by atoms with van der Waals surface area (Å²) >= 11 is 0. The molecule has 0 amide bonds. The lowest BCUT2D eigenvalue weighted by molar-refractivity contribution is -0.305. The summed E-state index contributed by atoms with van der Waals surface area (Å²) in [6, 6.07) is 0. The van der Waals surface area contributed by atoms with Crippen LogP contribution in [-0.2, 0) is 23.7 Å². The second-order valence-corrected chi connectivity index (χ2v) is 17.3. The van der Waals surface area contributed by atoms with Crippen molar-refractivity contribution >= 4 is 5.97 Å². The van der Waals surface area contributed by atoms with Crippen molar-refractivity contribution in [3.8, 4) is 0 Å². The van der Waals surface area contributed by atoms with Crippen LogP contribution in [0.1, 0.15) is 239 Å². The number of aliphatic hydroxyl groups is 4. The summed E-state index contributed by atoms with van der Waals surface area (Å²) in [5, 5.41) is 40.1. The molecule has 1 fully saturated rings. The molecule has 9 heteroatoms. The largest absolute Gasteiger partial charge is 0.457 e. The van der Waals surface area contributed by atoms with E-state index in [2.05, 4.69) is 13.8 Å². The first-order valence-corrected chi connectivity index (χ1v) is 24.6. The molecule has 0 saturated carbocycles. The number of ether oxygens (including phenoxy) is 4. The summed E-state index contributed by atoms with van der Waals surface area (Å²) in [6.07, 6.45) is 37.1. The van der Waals surface area contributed by atoms with Crippen molar-refractivity contribution in [3.63, 3.8) is 0 Å². The molecule has 1 rings (SSSR count). The summed E-state index contributed by atoms with van der Waals surface area (Å²) in [5.74, 6) is -0.306. The molecule has 57 heavy (non-hydrogen) atoms. The average molecular weight is 815 g/mol. The van der Waals surface area contributed by atoms with Crippen LogP contribution in [0.4, 0.5) is 0 Å². The molecule has 6 unspecified atom stereocenters. The first kappa shape index (κ1) is 54.2. The van der Waals surface area contributed by atoms with E-state index in [4.69, 9.17) is 18.9 Å². The van der Waals surface area contributed by atoms with Crippen LogP contribution >= 0.6 is 0 Å². The fraction of sp³-hybridized carbons (Fsp3) is 0.979. The molecule has 0 aromatic heterocycles. The van der Waals surface area contributed by atoms with Gasteiger partial charge in [-0.05, 0) is 12.8 Å². The second kappa shape index (κ2) is 40.6. The van der Waals surface area contributed by atoms with E-state index in [1.807, 2.05) is 0 Å². The Hall–Kier alpha value is -0.810. The number of carbonyl (C=O) groups excluding carboxylic acids is 1. The van der Waals surface area contributed by atoms with E-state index < -0.39 is 43.4 Å². The number of esters is 1. The lowest BCUT2D eigenvalue weighted by Gasteiger charge is -2.39. The fourth-order valence-electron chi connectivity index (χ4n) is 7.91. The van der Waals surface area contributed by atoms with Crippen molar-refractivity contribution in [2.45, 2.75) is 275 Å². The van der Waals surface area contributed by atoms with Crippen LogP contribution in [0.15, 0.2) is 0 Å². The molecule has 0 aromatic rings. The predicted molar refractivity (Wildman–Crippen MR) is 233 cm³/mol. The van der Waals surface area contributed by atoms with Crippen LogP contribution < -0.4 is 0 Å². The third-order valence-corrected chi connectivity index (χ3v) is 11.8. The molecule has 9 nitrogen and oxygen atoms in total. The van der Waals surface area contributed by atoms with Crippen LogP contribution in [0.25, 0.3) is 0 Å². The molecule has 0 spiro atoms. The van der Waals surface area contributed by atoms with Crippen molar-refractivity contribution in [1.29, 1.82) is 0 Å². The van der Waals surface area contributed by atoms with E-state index in [1.165, 1.54) is 186 Å². The quantitative estimate of drug-likeness (QED) is 0.0350. The Balaban J connectivity index is 2.15. The Morgan fingerprint density at radius 1 is 0.491 bits per heavy atom. The highest BCUT2D eigenvalue weighted by Crippen LogP contribution is 2.23. The highest BCUT2D eigenvalue weighted by molar-refractivity contribution is 5.69. The van der Waals surface area contributed by atoms with Gasteiger partial charge in [0.15, 0.2) is 6.29 Å². The minimum absolute atomic E-state index is 0.105. The zero-order valence-electron chi connectivity index (χ0n) is 37.4. The van der Waals surface area contributed by atoms with Gasteiger partial charge in [-0.25, -0.2) is 0 Å². The molecule has 0 aliphatic carbocycles. The van der Waals surface area contributed by atoms with Crippen LogP contribution in [0.2, 0.25) is 0 Å². The average Bonchev–Trinajstić information content (AvgIpc) is 3.21. The van der Waals surface area contributed by atoms with Gasteiger partial charge in [-0.3, -0.25) is 4.79 Å². The third-order valence-electron chi connectivity index (χ3n) is 11.8. The summed E-state index contributed by atoms with van der Waals surface area (Å²) in [6.45, 7) is 4.61. The molecular weight excluding hydrogens is 721 g/mol. The Kier molecular flexibility index (Phi) is 38.6. The molecule has 1 aliphatic rings. The lowest BCUT2D eigenvalue weighted by atomic mass is 9.99. The van der Waals surface area contributed by atoms with E-state index >= 15 is 0 Å². The van der Waals surface area contributed by atoms with Crippen molar-refractivity contribution in [2.75, 3.05) is 26.4 Å². The minimum Gasteiger partial charge on any atom is -0.457 e. The van der Waals surface area contributed by atoms with E-state index in [0.29, 0.717) is 13.0 Å². The first-order chi connectivity index (χ1) is 27.9. The van der Waals surface area contributed by atoms with Gasteiger partial charge in [0.25, 0.3) is 0 Å². The monoisotopic (exact) mass is 815 g/mol. The first-order valence-electron chi connectivity index (χ1n) is 24.6. The summed E-state index contributed by atoms with van der Waals surface area (Å²) in [5.41, 5.74) is 0. The Bertz CT molecular complexity index is 843. The number of carbonyl (C=O) groups is 1. The van der Waals surface area contributed by atoms with Gasteiger partial charge in [-0.15, -0.1) is 0 Å². The molecule has 6 atom stereocenters. The normalized spacial score (nSPS) is 20.3. The summed E-state index contributed by atoms with van der Waals surface area (Å²) in [4.78, 5) is 12.8. The highest BCUT2D eigenvalue weighted by atomic mass is 16.7. The lowest BCUT2D eigenvalue weighted by Crippen LogP contribution is -2.59. The Labute approximate surface area is 351 Å². The zero-order chi connectivity index (χ0) is 41.4. The molecule has 0 aromatic carbocycles. The van der Waals surface area contributed by atoms with Crippen molar-refractivity contribution in [1.82, 2.24) is 0 Å². The van der Waals surface area contributed by atoms with Gasteiger partial charge in [0.1, 0.15) is 30.5 Å². The third kappa shape index (κ3) is 31.7. The number of unbranched alkanes of at least 4 members (excludes halogenated alkanes) is 32. The molecule has 0 radical (unpaired) electrons. The predicted octanol–water partition coefficient (Wildman–Crippen LogP) is 11.4. The number of rotatable bonds is 43. The van der Waals surface area contributed by atoms with Gasteiger partial charge in [0.2, 0.25) is 0 Å². The molecule has 1 heterocycles. The van der Waals surface area contributed by atoms with Crippen molar-refractivity contribution in [3.05, 3.63) is 0 Å². The van der Waals surface area contributed by atoms with Gasteiger partial charge in [-0.1, -0.05) is 219 Å². The topological polar surface area (TPSA) is 135 Å². The Morgan fingerprint density at radius 3 is 1.25 bits per heavy atom. The van der Waals surface area contributed by atoms with Gasteiger partial charge in [0.05, 0.1) is 19.8 Å². The van der Waals surface area contributed by atoms with Crippen LogP contribution in [0.5, 0.6) is 0 Å². The summed E-state index contributed by atoms with van der Waals surface area (Å²) < 4.78 is 22.8. The van der Waals surface area contributed by atoms with Crippen LogP contribution in [0.3, 0.4) is 0 Å². The fourth-order valence-corrected chi connectivity index (χ4v) is 7.91. The maximum absolute atomic E-state index is 12.8. The second-order valence-electron chi connectivity index (χ2n) is 17.3. The van der Waals surface area contributed by atoms with Crippen molar-refractivity contribution < 1.29 is 44.2 Å². The molecule has 0 bridgehead atoms. The number of hydrogen-bond acceptors (Lipinski definition) is 9. The van der Waals surface area contributed by atoms with Gasteiger partial charge in [-0.2, -0.15) is 0 Å². The van der Waals surface area contributed by atoms with Gasteiger partial charge in [0, 0.05) is 13.0 Å². The molecule has 1 aliphatic heterocycles. The standard InChI is InChI=1S/C48H94O9/c1-3-5-7-9-11-13-15-16-17-18-19-20-21-22-23-24-25-26-27-29-31-33-35-37-44(50)56-42(41-55-48-47(53)46(52)45(51)43(39-49)57-48)40-54-38-36-34-32-30-28-14-12-10-8-6-4-2/h42-43,45-49,51-53H,3-41H2,1-2H3. The van der Waals surface area contributed by atoms with E-state index in [1.54, 1.807) is 0 Å². The van der Waals surface area contributed by atoms with Crippen LogP contribution in [-0.4, -0.2) is 89.6 Å². The van der Waals surface area contributed by atoms with E-state index in [-0.39, 0.29) is 19.2 Å². The zero-order valence-corrected chi connectivity index (χ0v) is 37.4. The highest BCUT2D eigenvalue weighted by Gasteiger charge is 2.44. The van der Waals surface area contributed by atoms with Gasteiger partial charge >= 0.3 is 5.97 Å². The van der Waals surface area contributed by atoms with E-state index in [9.17, 15) is 25.2 Å².